The van der Waals surface area contributed by atoms with Gasteiger partial charge < -0.3 is 14.8 Å². The minimum Gasteiger partial charge on any atom is -0.462 e. The van der Waals surface area contributed by atoms with Crippen molar-refractivity contribution >= 4 is 41.2 Å². The molecule has 0 saturated carbocycles. The van der Waals surface area contributed by atoms with E-state index in [-0.39, 0.29) is 17.9 Å². The number of nitrogens with one attached hydrogen (secondary N) is 1. The summed E-state index contributed by atoms with van der Waals surface area (Å²) in [6.07, 6.45) is 2.68. The molecule has 0 aromatic heterocycles. The molecule has 6 nitrogen and oxygen atoms in total. The lowest BCUT2D eigenvalue weighted by Gasteiger charge is -2.10. The van der Waals surface area contributed by atoms with Crippen LogP contribution >= 0.6 is 11.6 Å². The molecular weight excluding hydrogens is 370 g/mol. The Hall–Kier alpha value is -3.12. The Kier molecular flexibility index (Phi) is 7.58. The van der Waals surface area contributed by atoms with Gasteiger partial charge >= 0.3 is 11.9 Å². The summed E-state index contributed by atoms with van der Waals surface area (Å²) in [4.78, 5) is 35.6. The van der Waals surface area contributed by atoms with Crippen LogP contribution in [0, 0.1) is 0 Å². The Morgan fingerprint density at radius 1 is 1.04 bits per heavy atom. The first-order valence-corrected chi connectivity index (χ1v) is 8.54. The number of esters is 2. The van der Waals surface area contributed by atoms with Gasteiger partial charge in [0, 0.05) is 11.1 Å². The molecule has 0 aliphatic rings. The second-order valence-electron chi connectivity index (χ2n) is 5.28. The number of halogens is 1. The number of carbonyl (C=O) groups excluding carboxylic acids is 3. The molecular formula is C20H18ClNO5. The number of benzene rings is 2. The normalized spacial score (nSPS) is 10.4. The van der Waals surface area contributed by atoms with Gasteiger partial charge in [0.15, 0.2) is 6.61 Å². The van der Waals surface area contributed by atoms with Crippen LogP contribution in [0.5, 0.6) is 0 Å². The lowest BCUT2D eigenvalue weighted by molar-refractivity contribution is -0.142. The molecule has 140 valence electrons. The van der Waals surface area contributed by atoms with Gasteiger partial charge in [-0.25, -0.2) is 9.59 Å². The van der Waals surface area contributed by atoms with E-state index in [2.05, 4.69) is 5.32 Å². The summed E-state index contributed by atoms with van der Waals surface area (Å²) in [5.41, 5.74) is 1.16. The summed E-state index contributed by atoms with van der Waals surface area (Å²) in [5.74, 6) is -1.82. The summed E-state index contributed by atoms with van der Waals surface area (Å²) < 4.78 is 9.82. The molecule has 1 N–H and O–H groups in total. The molecule has 0 aliphatic carbocycles. The topological polar surface area (TPSA) is 81.7 Å². The van der Waals surface area contributed by atoms with Gasteiger partial charge in [0.2, 0.25) is 0 Å². The number of para-hydroxylation sites is 1. The fraction of sp³-hybridized carbons (Fsp3) is 0.150. The van der Waals surface area contributed by atoms with Crippen LogP contribution in [-0.4, -0.2) is 31.1 Å². The molecule has 0 unspecified atom stereocenters. The van der Waals surface area contributed by atoms with Crippen LogP contribution in [0.15, 0.2) is 54.6 Å². The van der Waals surface area contributed by atoms with E-state index in [4.69, 9.17) is 21.1 Å². The van der Waals surface area contributed by atoms with Crippen LogP contribution in [0.1, 0.15) is 22.8 Å². The largest absolute Gasteiger partial charge is 0.462 e. The number of carbonyl (C=O) groups is 3. The Labute approximate surface area is 161 Å². The van der Waals surface area contributed by atoms with Crippen LogP contribution in [0.2, 0.25) is 5.02 Å². The van der Waals surface area contributed by atoms with E-state index in [9.17, 15) is 14.4 Å². The minimum atomic E-state index is -0.691. The molecule has 27 heavy (non-hydrogen) atoms. The Balaban J connectivity index is 1.90. The summed E-state index contributed by atoms with van der Waals surface area (Å²) in [5, 5.41) is 3.02. The van der Waals surface area contributed by atoms with Crippen molar-refractivity contribution in [3.63, 3.8) is 0 Å². The van der Waals surface area contributed by atoms with Gasteiger partial charge in [0.25, 0.3) is 5.91 Å². The fourth-order valence-electron chi connectivity index (χ4n) is 2.12. The van der Waals surface area contributed by atoms with Gasteiger partial charge in [0.05, 0.1) is 17.9 Å². The van der Waals surface area contributed by atoms with Gasteiger partial charge in [-0.3, -0.25) is 4.79 Å². The zero-order chi connectivity index (χ0) is 19.6. The van der Waals surface area contributed by atoms with Crippen molar-refractivity contribution in [2.45, 2.75) is 6.92 Å². The third kappa shape index (κ3) is 6.27. The Bertz CT molecular complexity index is 863. The number of rotatable bonds is 7. The van der Waals surface area contributed by atoms with Gasteiger partial charge in [-0.05, 0) is 36.8 Å². The maximum Gasteiger partial charge on any atom is 0.340 e. The van der Waals surface area contributed by atoms with Crippen molar-refractivity contribution in [1.29, 1.82) is 0 Å². The van der Waals surface area contributed by atoms with Crippen LogP contribution in [0.3, 0.4) is 0 Å². The van der Waals surface area contributed by atoms with Gasteiger partial charge in [-0.2, -0.15) is 0 Å². The van der Waals surface area contributed by atoms with Gasteiger partial charge in [-0.15, -0.1) is 0 Å². The van der Waals surface area contributed by atoms with E-state index in [1.165, 1.54) is 18.2 Å². The lowest BCUT2D eigenvalue weighted by Crippen LogP contribution is -2.21. The number of ether oxygens (including phenoxy) is 2. The molecule has 0 bridgehead atoms. The molecule has 2 rings (SSSR count). The van der Waals surface area contributed by atoms with Crippen molar-refractivity contribution in [3.8, 4) is 0 Å². The van der Waals surface area contributed by atoms with E-state index >= 15 is 0 Å². The molecule has 0 fully saturated rings. The smallest absolute Gasteiger partial charge is 0.340 e. The summed E-state index contributed by atoms with van der Waals surface area (Å²) in [7, 11) is 0. The monoisotopic (exact) mass is 387 g/mol. The zero-order valence-electron chi connectivity index (χ0n) is 14.6. The average molecular weight is 388 g/mol. The highest BCUT2D eigenvalue weighted by atomic mass is 35.5. The van der Waals surface area contributed by atoms with E-state index in [1.54, 1.807) is 49.4 Å². The summed E-state index contributed by atoms with van der Waals surface area (Å²) >= 11 is 5.98. The zero-order valence-corrected chi connectivity index (χ0v) is 15.4. The third-order valence-electron chi connectivity index (χ3n) is 3.35. The van der Waals surface area contributed by atoms with Crippen molar-refractivity contribution in [2.24, 2.45) is 0 Å². The highest BCUT2D eigenvalue weighted by Crippen LogP contribution is 2.17. The second-order valence-corrected chi connectivity index (χ2v) is 5.68. The van der Waals surface area contributed by atoms with E-state index in [1.807, 2.05) is 0 Å². The number of anilines is 1. The molecule has 0 atom stereocenters. The molecule has 7 heteroatoms. The van der Waals surface area contributed by atoms with Crippen molar-refractivity contribution in [1.82, 2.24) is 0 Å². The highest BCUT2D eigenvalue weighted by Gasteiger charge is 2.14. The predicted octanol–water partition coefficient (Wildman–Crippen LogP) is 3.71. The van der Waals surface area contributed by atoms with Crippen LogP contribution < -0.4 is 5.32 Å². The lowest BCUT2D eigenvalue weighted by atomic mass is 10.2. The fourth-order valence-corrected chi connectivity index (χ4v) is 2.32. The van der Waals surface area contributed by atoms with Gasteiger partial charge in [-0.1, -0.05) is 41.9 Å². The van der Waals surface area contributed by atoms with E-state index in [0.717, 1.165) is 0 Å². The van der Waals surface area contributed by atoms with Crippen molar-refractivity contribution < 1.29 is 23.9 Å². The van der Waals surface area contributed by atoms with Crippen molar-refractivity contribution in [2.75, 3.05) is 18.5 Å². The van der Waals surface area contributed by atoms with Crippen LogP contribution in [-0.2, 0) is 19.1 Å². The highest BCUT2D eigenvalue weighted by molar-refractivity contribution is 6.32. The standard InChI is InChI=1S/C20H18ClNO5/c1-2-26-20(25)15-8-4-6-10-17(15)22-18(23)13-27-19(24)12-11-14-7-3-5-9-16(14)21/h3-12H,2,13H2,1H3,(H,22,23)/b12-11+. The minimum absolute atomic E-state index is 0.219. The molecule has 0 spiro atoms. The molecule has 0 saturated heterocycles. The quantitative estimate of drug-likeness (QED) is 0.578. The molecule has 2 aromatic carbocycles. The van der Waals surface area contributed by atoms with E-state index < -0.39 is 24.5 Å². The maximum absolute atomic E-state index is 12.0. The SMILES string of the molecule is CCOC(=O)c1ccccc1NC(=O)COC(=O)/C=C/c1ccccc1Cl. The Morgan fingerprint density at radius 2 is 1.74 bits per heavy atom. The first-order valence-electron chi connectivity index (χ1n) is 8.16. The number of hydrogen-bond acceptors (Lipinski definition) is 5. The van der Waals surface area contributed by atoms with Gasteiger partial charge in [0.1, 0.15) is 0 Å². The molecule has 1 amide bonds. The summed E-state index contributed by atoms with van der Waals surface area (Å²) in [6, 6.07) is 13.4. The van der Waals surface area contributed by atoms with E-state index in [0.29, 0.717) is 10.6 Å². The summed E-state index contributed by atoms with van der Waals surface area (Å²) in [6.45, 7) is 1.41. The van der Waals surface area contributed by atoms with Crippen molar-refractivity contribution in [3.05, 3.63) is 70.8 Å². The molecule has 0 aliphatic heterocycles. The molecule has 0 heterocycles. The number of hydrogen-bond donors (Lipinski definition) is 1. The third-order valence-corrected chi connectivity index (χ3v) is 3.69. The first kappa shape index (κ1) is 20.2. The molecule has 2 aromatic rings. The predicted molar refractivity (Wildman–Crippen MR) is 102 cm³/mol. The van der Waals surface area contributed by atoms with Crippen LogP contribution in [0.25, 0.3) is 6.08 Å². The van der Waals surface area contributed by atoms with Crippen LogP contribution in [0.4, 0.5) is 5.69 Å². The first-order chi connectivity index (χ1) is 13.0. The maximum atomic E-state index is 12.0. The second kappa shape index (κ2) is 10.1. The molecule has 0 radical (unpaired) electrons. The average Bonchev–Trinajstić information content (AvgIpc) is 2.66. The number of amides is 1. The Morgan fingerprint density at radius 3 is 2.48 bits per heavy atom.